The van der Waals surface area contributed by atoms with Crippen LogP contribution >= 0.6 is 23.2 Å². The van der Waals surface area contributed by atoms with E-state index in [1.54, 1.807) is 4.90 Å². The molecule has 0 bridgehead atoms. The van der Waals surface area contributed by atoms with Crippen molar-refractivity contribution in [3.05, 3.63) is 40.6 Å². The minimum Gasteiger partial charge on any atom is -0.340 e. The molecule has 152 valence electrons. The molecule has 1 fully saturated rings. The summed E-state index contributed by atoms with van der Waals surface area (Å²) in [6, 6.07) is 2.82. The van der Waals surface area contributed by atoms with Gasteiger partial charge in [-0.3, -0.25) is 13.9 Å². The standard InChI is InChI=1S/C18H21Cl2N3O4S/c1-12-4-2-3-8-22(12)17(24)11-16-18(25)21-7-9-23(16)28(26,27)13-5-6-14(19)15(20)10-13/h5-7,9-10,12,16H,2-4,8,11H2,1H3,(H,21,25)/t12-,16-/m1/s1. The number of benzene rings is 1. The maximum Gasteiger partial charge on any atom is 0.264 e. The smallest absolute Gasteiger partial charge is 0.264 e. The Kier molecular flexibility index (Phi) is 6.21. The Bertz CT molecular complexity index is 919. The van der Waals surface area contributed by atoms with Crippen molar-refractivity contribution in [3.8, 4) is 0 Å². The van der Waals surface area contributed by atoms with Crippen LogP contribution in [0.2, 0.25) is 10.0 Å². The number of nitrogens with zero attached hydrogens (tertiary/aromatic N) is 2. The molecule has 2 amide bonds. The fourth-order valence-electron chi connectivity index (χ4n) is 3.45. The average Bonchev–Trinajstić information content (AvgIpc) is 2.65. The first-order valence-corrected chi connectivity index (χ1v) is 11.2. The second-order valence-electron chi connectivity index (χ2n) is 6.89. The van der Waals surface area contributed by atoms with Gasteiger partial charge in [0.15, 0.2) is 0 Å². The van der Waals surface area contributed by atoms with Crippen LogP contribution in [0.3, 0.4) is 0 Å². The van der Waals surface area contributed by atoms with Crippen molar-refractivity contribution in [1.82, 2.24) is 14.5 Å². The lowest BCUT2D eigenvalue weighted by molar-refractivity contribution is -0.138. The van der Waals surface area contributed by atoms with Crippen LogP contribution in [-0.2, 0) is 19.6 Å². The predicted octanol–water partition coefficient (Wildman–Crippen LogP) is 2.74. The molecule has 0 radical (unpaired) electrons. The van der Waals surface area contributed by atoms with Crippen LogP contribution < -0.4 is 5.32 Å². The zero-order valence-electron chi connectivity index (χ0n) is 15.3. The SMILES string of the molecule is C[C@@H]1CCCCN1C(=O)C[C@@H]1C(=O)NC=CN1S(=O)(=O)c1ccc(Cl)c(Cl)c1. The molecule has 0 aromatic heterocycles. The van der Waals surface area contributed by atoms with Gasteiger partial charge in [0.05, 0.1) is 21.4 Å². The molecule has 0 aliphatic carbocycles. The summed E-state index contributed by atoms with van der Waals surface area (Å²) in [5, 5.41) is 2.79. The van der Waals surface area contributed by atoms with Gasteiger partial charge in [-0.1, -0.05) is 23.2 Å². The predicted molar refractivity (Wildman–Crippen MR) is 106 cm³/mol. The summed E-state index contributed by atoms with van der Waals surface area (Å²) in [6.07, 6.45) is 5.10. The molecule has 2 aliphatic rings. The summed E-state index contributed by atoms with van der Waals surface area (Å²) in [4.78, 5) is 26.8. The molecule has 2 atom stereocenters. The van der Waals surface area contributed by atoms with Gasteiger partial charge in [-0.15, -0.1) is 0 Å². The van der Waals surface area contributed by atoms with Crippen molar-refractivity contribution in [2.75, 3.05) is 6.54 Å². The lowest BCUT2D eigenvalue weighted by Gasteiger charge is -2.36. The molecule has 0 spiro atoms. The van der Waals surface area contributed by atoms with Crippen molar-refractivity contribution < 1.29 is 18.0 Å². The Morgan fingerprint density at radius 3 is 2.68 bits per heavy atom. The number of hydrogen-bond acceptors (Lipinski definition) is 4. The molecule has 3 rings (SSSR count). The van der Waals surface area contributed by atoms with E-state index in [0.29, 0.717) is 6.54 Å². The Balaban J connectivity index is 1.88. The zero-order valence-corrected chi connectivity index (χ0v) is 17.6. The van der Waals surface area contributed by atoms with Crippen molar-refractivity contribution in [2.45, 2.75) is 49.6 Å². The molecule has 1 aromatic rings. The Morgan fingerprint density at radius 1 is 1.25 bits per heavy atom. The first kappa shape index (κ1) is 21.0. The molecular weight excluding hydrogens is 425 g/mol. The van der Waals surface area contributed by atoms with Crippen LogP contribution in [0.5, 0.6) is 0 Å². The van der Waals surface area contributed by atoms with Crippen molar-refractivity contribution in [1.29, 1.82) is 0 Å². The maximum absolute atomic E-state index is 13.1. The van der Waals surface area contributed by atoms with Gasteiger partial charge in [0, 0.05) is 25.0 Å². The highest BCUT2D eigenvalue weighted by Crippen LogP contribution is 2.29. The monoisotopic (exact) mass is 445 g/mol. The summed E-state index contributed by atoms with van der Waals surface area (Å²) < 4.78 is 27.1. The van der Waals surface area contributed by atoms with E-state index >= 15 is 0 Å². The third kappa shape index (κ3) is 4.14. The molecule has 1 saturated heterocycles. The summed E-state index contributed by atoms with van der Waals surface area (Å²) in [6.45, 7) is 2.58. The summed E-state index contributed by atoms with van der Waals surface area (Å²) in [5.74, 6) is -0.791. The summed E-state index contributed by atoms with van der Waals surface area (Å²) >= 11 is 11.8. The van der Waals surface area contributed by atoms with Crippen LogP contribution in [0.4, 0.5) is 0 Å². The number of nitrogens with one attached hydrogen (secondary N) is 1. The number of piperidine rings is 1. The lowest BCUT2D eigenvalue weighted by atomic mass is 10.0. The number of sulfonamides is 1. The van der Waals surface area contributed by atoms with Crippen molar-refractivity contribution in [2.24, 2.45) is 0 Å². The van der Waals surface area contributed by atoms with E-state index in [1.807, 2.05) is 6.92 Å². The number of likely N-dealkylation sites (tertiary alicyclic amines) is 1. The molecule has 2 aliphatic heterocycles. The van der Waals surface area contributed by atoms with Gasteiger partial charge < -0.3 is 10.2 Å². The third-order valence-corrected chi connectivity index (χ3v) is 7.53. The highest BCUT2D eigenvalue weighted by Gasteiger charge is 2.38. The Morgan fingerprint density at radius 2 is 2.00 bits per heavy atom. The third-order valence-electron chi connectivity index (χ3n) is 5.01. The fraction of sp³-hybridized carbons (Fsp3) is 0.444. The zero-order chi connectivity index (χ0) is 20.5. The first-order valence-electron chi connectivity index (χ1n) is 8.97. The van der Waals surface area contributed by atoms with Gasteiger partial charge in [0.25, 0.3) is 10.0 Å². The summed E-state index contributed by atoms with van der Waals surface area (Å²) in [5.41, 5.74) is 0. The number of halogens is 2. The largest absolute Gasteiger partial charge is 0.340 e. The van der Waals surface area contributed by atoms with Crippen molar-refractivity contribution in [3.63, 3.8) is 0 Å². The Hall–Kier alpha value is -1.77. The molecule has 10 heteroatoms. The van der Waals surface area contributed by atoms with Gasteiger partial charge in [0.2, 0.25) is 11.8 Å². The molecule has 7 nitrogen and oxygen atoms in total. The Labute approximate surface area is 174 Å². The summed E-state index contributed by atoms with van der Waals surface area (Å²) in [7, 11) is -4.10. The topological polar surface area (TPSA) is 86.8 Å². The normalized spacial score (nSPS) is 22.9. The van der Waals surface area contributed by atoms with Crippen LogP contribution in [-0.4, -0.2) is 48.1 Å². The second kappa shape index (κ2) is 8.31. The van der Waals surface area contributed by atoms with Gasteiger partial charge in [-0.05, 0) is 44.4 Å². The number of amides is 2. The van der Waals surface area contributed by atoms with Crippen LogP contribution in [0.25, 0.3) is 0 Å². The quantitative estimate of drug-likeness (QED) is 0.771. The maximum atomic E-state index is 13.1. The molecule has 0 unspecified atom stereocenters. The first-order chi connectivity index (χ1) is 13.2. The van der Waals surface area contributed by atoms with Crippen molar-refractivity contribution >= 4 is 45.0 Å². The van der Waals surface area contributed by atoms with E-state index in [9.17, 15) is 18.0 Å². The minimum absolute atomic E-state index is 0.0728. The van der Waals surface area contributed by atoms with E-state index < -0.39 is 22.0 Å². The fourth-order valence-corrected chi connectivity index (χ4v) is 5.29. The van der Waals surface area contributed by atoms with Gasteiger partial charge in [-0.2, -0.15) is 0 Å². The van der Waals surface area contributed by atoms with Crippen LogP contribution in [0.1, 0.15) is 32.6 Å². The van der Waals surface area contributed by atoms with Crippen LogP contribution in [0, 0.1) is 0 Å². The van der Waals surface area contributed by atoms with Gasteiger partial charge in [-0.25, -0.2) is 8.42 Å². The average molecular weight is 446 g/mol. The van der Waals surface area contributed by atoms with E-state index in [2.05, 4.69) is 5.32 Å². The second-order valence-corrected chi connectivity index (χ2v) is 9.54. The molecule has 1 aromatic carbocycles. The van der Waals surface area contributed by atoms with E-state index in [-0.39, 0.29) is 33.3 Å². The number of carbonyl (C=O) groups excluding carboxylic acids is 2. The van der Waals surface area contributed by atoms with E-state index in [4.69, 9.17) is 23.2 Å². The van der Waals surface area contributed by atoms with E-state index in [0.717, 1.165) is 23.6 Å². The molecule has 0 saturated carbocycles. The lowest BCUT2D eigenvalue weighted by Crippen LogP contribution is -2.52. The minimum atomic E-state index is -4.10. The van der Waals surface area contributed by atoms with Gasteiger partial charge >= 0.3 is 0 Å². The number of rotatable bonds is 4. The number of hydrogen-bond donors (Lipinski definition) is 1. The highest BCUT2D eigenvalue weighted by atomic mass is 35.5. The molecule has 2 heterocycles. The van der Waals surface area contributed by atoms with Crippen LogP contribution in [0.15, 0.2) is 35.5 Å². The van der Waals surface area contributed by atoms with E-state index in [1.165, 1.54) is 30.6 Å². The number of carbonyl (C=O) groups is 2. The highest BCUT2D eigenvalue weighted by molar-refractivity contribution is 7.89. The molecule has 1 N–H and O–H groups in total. The molecular formula is C18H21Cl2N3O4S. The molecule has 28 heavy (non-hydrogen) atoms. The van der Waals surface area contributed by atoms with Gasteiger partial charge in [0.1, 0.15) is 6.04 Å².